The third kappa shape index (κ3) is 24.3. The number of aliphatic carboxylic acids is 2. The van der Waals surface area contributed by atoms with Crippen molar-refractivity contribution < 1.29 is 95.4 Å². The van der Waals surface area contributed by atoms with Crippen molar-refractivity contribution in [3.63, 3.8) is 0 Å². The fourth-order valence-corrected chi connectivity index (χ4v) is 17.0. The predicted octanol–water partition coefficient (Wildman–Crippen LogP) is 12.4. The van der Waals surface area contributed by atoms with Crippen molar-refractivity contribution in [2.24, 2.45) is 39.9 Å². The number of benzene rings is 2. The molecule has 4 aromatic heterocycles. The smallest absolute Gasteiger partial charge is 0.326 e. The summed E-state index contributed by atoms with van der Waals surface area (Å²) >= 11 is 0. The van der Waals surface area contributed by atoms with Crippen LogP contribution < -0.4 is 14.8 Å². The van der Waals surface area contributed by atoms with Crippen molar-refractivity contribution in [3.05, 3.63) is 121 Å². The number of hydrogen-bond acceptors (Lipinski definition) is 22. The highest BCUT2D eigenvalue weighted by atomic mass is 32.2. The lowest BCUT2D eigenvalue weighted by Crippen LogP contribution is -2.55. The monoisotopic (exact) mass is 1680 g/mol. The summed E-state index contributed by atoms with van der Waals surface area (Å²) in [5, 5.41) is 32.8. The number of rotatable bonds is 24. The Morgan fingerprint density at radius 1 is 0.517 bits per heavy atom. The number of carboxylic acids is 2. The number of β-amino-alcohol motifs (C(OH)–C–C–N with tert-alkyl or cyclic N) is 1. The molecule has 29 heteroatoms. The van der Waals surface area contributed by atoms with Gasteiger partial charge in [0.25, 0.3) is 0 Å². The summed E-state index contributed by atoms with van der Waals surface area (Å²) in [5.74, 6) is -8.74. The van der Waals surface area contributed by atoms with E-state index in [4.69, 9.17) is 33.7 Å². The number of esters is 3. The Balaban J connectivity index is 0.000000221. The molecule has 28 nitrogen and oxygen atoms in total. The number of nitrogens with one attached hydrogen (secondary N) is 1. The van der Waals surface area contributed by atoms with Gasteiger partial charge in [-0.3, -0.25) is 38.4 Å². The first-order valence-electron chi connectivity index (χ1n) is 41.0. The standard InChI is InChI=1S/C42H52N4O8S.C32H39N3O6.C17H29NO6/c1-9-27-22-42(27,35(47)24-55(51,52)29-16-17-29)45-38(49)33-19-28(23-46(33)39(50)31(40(3,4)5)20-36(48)54-41(6,7)8)53-34-21-32(26-13-11-10-12-14-26)44-37-30(34)18-15-25(2)43-37;1-19-13-14-22-26(17-24(34-28(22)33-19)20-11-9-8-10-12-20)40-21-15-25(30(38)39)35(18-21)29(37)23(31(2,3)4)16-27(36)41-32(5,6)7;1-16(2,3)11(8-13(20)24-17(4,5)6)14(21)18-9-10(19)7-12(18)15(22)23/h9-15,18,21,27-29,31,33H,1,16-17,19-20,22-24H2,2-8H3,(H,45,49);8-14,17,21,23,25H,15-16,18H2,1-7H3,(H,38,39);10-12,19H,7-9H2,1-6H3,(H,22,23)/t27-,28-,31-,33+,42-;21-,23-,25+;10-,11-,12+/m111/s1. The molecule has 120 heavy (non-hydrogen) atoms. The van der Waals surface area contributed by atoms with Gasteiger partial charge in [-0.2, -0.15) is 0 Å². The number of Topliss-reactive ketones (excluding diaryl/α,β-unsaturated/α-hetero) is 1. The Morgan fingerprint density at radius 3 is 1.22 bits per heavy atom. The number of nitrogens with zero attached hydrogens (tertiary/aromatic N) is 7. The van der Waals surface area contributed by atoms with Crippen molar-refractivity contribution in [2.75, 3.05) is 25.4 Å². The third-order valence-electron chi connectivity index (χ3n) is 21.7. The summed E-state index contributed by atoms with van der Waals surface area (Å²) in [6.45, 7) is 40.1. The van der Waals surface area contributed by atoms with E-state index in [-0.39, 0.29) is 64.6 Å². The molecule has 0 spiro atoms. The Morgan fingerprint density at radius 2 is 0.875 bits per heavy atom. The zero-order chi connectivity index (χ0) is 89.1. The van der Waals surface area contributed by atoms with Gasteiger partial charge < -0.3 is 59.0 Å². The molecule has 650 valence electrons. The van der Waals surface area contributed by atoms with Crippen LogP contribution in [-0.2, 0) is 72.0 Å². The number of carbonyl (C=O) groups is 10. The number of aliphatic hydroxyl groups excluding tert-OH is 1. The van der Waals surface area contributed by atoms with Gasteiger partial charge in [-0.05, 0) is 136 Å². The number of hydrogen-bond donors (Lipinski definition) is 4. The van der Waals surface area contributed by atoms with Crippen molar-refractivity contribution in [3.8, 4) is 34.0 Å². The molecular weight excluding hydrogens is 1560 g/mol. The number of carbonyl (C=O) groups excluding carboxylic acids is 8. The largest absolute Gasteiger partial charge is 0.488 e. The van der Waals surface area contributed by atoms with E-state index in [9.17, 15) is 71.7 Å². The zero-order valence-corrected chi connectivity index (χ0v) is 73.7. The second-order valence-electron chi connectivity index (χ2n) is 38.5. The lowest BCUT2D eigenvalue weighted by Gasteiger charge is -2.35. The minimum absolute atomic E-state index is 0.00346. The van der Waals surface area contributed by atoms with E-state index < -0.39 is 179 Å². The van der Waals surface area contributed by atoms with Crippen LogP contribution in [0.15, 0.2) is 110 Å². The van der Waals surface area contributed by atoms with E-state index in [1.165, 1.54) is 14.7 Å². The third-order valence-corrected chi connectivity index (χ3v) is 23.9. The molecule has 5 aliphatic rings. The van der Waals surface area contributed by atoms with Gasteiger partial charge in [-0.15, -0.1) is 6.58 Å². The number of ketones is 1. The summed E-state index contributed by atoms with van der Waals surface area (Å²) in [6, 6.07) is 27.2. The van der Waals surface area contributed by atoms with Gasteiger partial charge in [0.15, 0.2) is 26.9 Å². The lowest BCUT2D eigenvalue weighted by molar-refractivity contribution is -0.162. The quantitative estimate of drug-likeness (QED) is 0.0248. The van der Waals surface area contributed by atoms with Crippen LogP contribution in [0, 0.1) is 53.8 Å². The van der Waals surface area contributed by atoms with Crippen LogP contribution in [0.25, 0.3) is 44.6 Å². The number of sulfone groups is 1. The summed E-state index contributed by atoms with van der Waals surface area (Å²) < 4.78 is 55.3. The van der Waals surface area contributed by atoms with Crippen molar-refractivity contribution >= 4 is 91.2 Å². The van der Waals surface area contributed by atoms with E-state index in [1.807, 2.05) is 173 Å². The first kappa shape index (κ1) is 93.6. The number of ether oxygens (including phenoxy) is 5. The Bertz CT molecular complexity index is 4950. The minimum Gasteiger partial charge on any atom is -0.488 e. The molecular formula is C91H120N8O20S. The maximum absolute atomic E-state index is 14.7. The molecule has 6 aromatic rings. The van der Waals surface area contributed by atoms with Gasteiger partial charge >= 0.3 is 29.8 Å². The van der Waals surface area contributed by atoms with E-state index in [2.05, 4.69) is 21.9 Å². The van der Waals surface area contributed by atoms with Crippen molar-refractivity contribution in [1.29, 1.82) is 0 Å². The Hall–Kier alpha value is -10.3. The molecule has 2 aliphatic carbocycles. The normalized spacial score (nSPS) is 21.5. The minimum atomic E-state index is -3.65. The Kier molecular flexibility index (Phi) is 28.5. The number of pyridine rings is 4. The van der Waals surface area contributed by atoms with Gasteiger partial charge in [-0.25, -0.2) is 37.9 Å². The van der Waals surface area contributed by atoms with Gasteiger partial charge in [0, 0.05) is 66.4 Å². The topological polar surface area (TPSA) is 385 Å². The lowest BCUT2D eigenvalue weighted by atomic mass is 9.77. The van der Waals surface area contributed by atoms with Gasteiger partial charge in [-0.1, -0.05) is 129 Å². The number of likely N-dealkylation sites (tertiary alicyclic amines) is 3. The van der Waals surface area contributed by atoms with E-state index in [1.54, 1.807) is 68.4 Å². The van der Waals surface area contributed by atoms with E-state index in [0.29, 0.717) is 57.8 Å². The van der Waals surface area contributed by atoms with E-state index in [0.717, 1.165) is 22.5 Å². The van der Waals surface area contributed by atoms with Crippen LogP contribution in [0.4, 0.5) is 0 Å². The molecule has 4 amide bonds. The van der Waals surface area contributed by atoms with Crippen molar-refractivity contribution in [1.82, 2.24) is 40.0 Å². The highest BCUT2D eigenvalue weighted by Crippen LogP contribution is 2.48. The maximum atomic E-state index is 14.7. The number of carboxylic acid groups (broad SMARTS) is 2. The van der Waals surface area contributed by atoms with Crippen LogP contribution in [0.3, 0.4) is 0 Å². The summed E-state index contributed by atoms with van der Waals surface area (Å²) in [7, 11) is -3.65. The van der Waals surface area contributed by atoms with Gasteiger partial charge in [0.1, 0.15) is 69.9 Å². The molecule has 4 N–H and O–H groups in total. The summed E-state index contributed by atoms with van der Waals surface area (Å²) in [6.07, 6.45) is 0.361. The highest BCUT2D eigenvalue weighted by Gasteiger charge is 2.62. The van der Waals surface area contributed by atoms with E-state index >= 15 is 0 Å². The van der Waals surface area contributed by atoms with Crippen LogP contribution in [0.2, 0.25) is 0 Å². The summed E-state index contributed by atoms with van der Waals surface area (Å²) in [4.78, 5) is 154. The molecule has 0 unspecified atom stereocenters. The second-order valence-corrected chi connectivity index (χ2v) is 40.8. The molecule has 11 rings (SSSR count). The highest BCUT2D eigenvalue weighted by molar-refractivity contribution is 7.93. The fraction of sp³-hybridized carbons (Fsp3) is 0.560. The molecule has 7 heterocycles. The second kappa shape index (κ2) is 36.6. The molecule has 5 fully saturated rings. The van der Waals surface area contributed by atoms with Crippen LogP contribution >= 0.6 is 0 Å². The average molecular weight is 1680 g/mol. The first-order chi connectivity index (χ1) is 55.5. The van der Waals surface area contributed by atoms with Crippen LogP contribution in [0.5, 0.6) is 11.5 Å². The molecule has 2 aromatic carbocycles. The molecule has 11 atom stereocenters. The molecule has 3 aliphatic heterocycles. The number of fused-ring (bicyclic) bond motifs is 2. The number of aryl methyl sites for hydroxylation is 2. The Labute approximate surface area is 703 Å². The molecule has 2 saturated carbocycles. The fourth-order valence-electron chi connectivity index (χ4n) is 15.2. The van der Waals surface area contributed by atoms with Gasteiger partial charge in [0.2, 0.25) is 23.6 Å². The number of aliphatic hydroxyl groups is 1. The average Bonchev–Trinajstić information content (AvgIpc) is 1.57. The van der Waals surface area contributed by atoms with Crippen molar-refractivity contribution in [2.45, 2.75) is 260 Å². The summed E-state index contributed by atoms with van der Waals surface area (Å²) in [5.41, 5.74) is 0.219. The molecule has 3 saturated heterocycles. The predicted molar refractivity (Wildman–Crippen MR) is 451 cm³/mol. The maximum Gasteiger partial charge on any atom is 0.326 e. The first-order valence-corrected chi connectivity index (χ1v) is 42.7. The number of amides is 4. The number of aromatic nitrogens is 4. The SMILES string of the molecule is C=C[C@@H]1C[C@]1(NC(=O)[C@@H]1C[C@@H](Oc2cc(-c3ccccc3)nc3nc(C)ccc23)CN1C(=O)[C@@H](CC(=O)OC(C)(C)C)C(C)(C)C)C(=O)CS(=O)(=O)C1CC1.CC(C)(C)OC(=O)C[C@H](C(=O)N1C[C@H](O)C[C@H]1C(=O)O)C(C)(C)C.Cc1ccc2c(O[C@@H]3C[C@@H](C(=O)O)N(C(=O)[C@@H](CC(=O)OC(C)(C)C)C(C)(C)C)C3)cc(-c3ccccc3)nc2n1. The van der Waals surface area contributed by atoms with Crippen LogP contribution in [-0.4, -0.2) is 207 Å². The van der Waals surface area contributed by atoms with Crippen LogP contribution in [0.1, 0.15) is 194 Å². The zero-order valence-electron chi connectivity index (χ0n) is 72.9. The van der Waals surface area contributed by atoms with Gasteiger partial charge in [0.05, 0.1) is 83.6 Å². The molecule has 0 radical (unpaired) electrons. The molecule has 0 bridgehead atoms.